The van der Waals surface area contributed by atoms with Gasteiger partial charge in [0.2, 0.25) is 0 Å². The summed E-state index contributed by atoms with van der Waals surface area (Å²) in [5.41, 5.74) is 0.678. The number of carbonyl (C=O) groups is 2. The van der Waals surface area contributed by atoms with E-state index in [1.54, 1.807) is 39.3 Å². The molecule has 4 fully saturated rings. The number of hydrogen-bond donors (Lipinski definition) is 1. The smallest absolute Gasteiger partial charge is 0.311 e. The summed E-state index contributed by atoms with van der Waals surface area (Å²) in [5, 5.41) is 3.27. The van der Waals surface area contributed by atoms with Crippen molar-refractivity contribution in [3.8, 4) is 11.5 Å². The highest BCUT2D eigenvalue weighted by molar-refractivity contribution is 5.84. The van der Waals surface area contributed by atoms with Gasteiger partial charge in [0, 0.05) is 5.54 Å². The first-order chi connectivity index (χ1) is 13.9. The van der Waals surface area contributed by atoms with Gasteiger partial charge in [-0.15, -0.1) is 0 Å². The van der Waals surface area contributed by atoms with Gasteiger partial charge in [-0.3, -0.25) is 9.59 Å². The molecular formula is C23H31NO5. The van der Waals surface area contributed by atoms with Crippen molar-refractivity contribution >= 4 is 11.9 Å². The van der Waals surface area contributed by atoms with E-state index in [1.165, 1.54) is 19.3 Å². The number of rotatable bonds is 7. The van der Waals surface area contributed by atoms with Crippen molar-refractivity contribution in [2.24, 2.45) is 17.8 Å². The van der Waals surface area contributed by atoms with E-state index in [9.17, 15) is 9.59 Å². The molecule has 1 amide bonds. The Bertz CT molecular complexity index is 754. The Hall–Kier alpha value is -2.24. The monoisotopic (exact) mass is 401 g/mol. The highest BCUT2D eigenvalue weighted by Crippen LogP contribution is 2.55. The molecule has 1 aromatic carbocycles. The van der Waals surface area contributed by atoms with E-state index in [0.717, 1.165) is 42.6 Å². The molecule has 4 bridgehead atoms. The van der Waals surface area contributed by atoms with Crippen LogP contribution in [0.25, 0.3) is 0 Å². The Morgan fingerprint density at radius 2 is 1.62 bits per heavy atom. The summed E-state index contributed by atoms with van der Waals surface area (Å²) < 4.78 is 15.9. The molecule has 5 rings (SSSR count). The van der Waals surface area contributed by atoms with Crippen LogP contribution in [0.3, 0.4) is 0 Å². The van der Waals surface area contributed by atoms with Gasteiger partial charge in [0.05, 0.1) is 20.6 Å². The molecule has 4 saturated carbocycles. The maximum atomic E-state index is 12.8. The van der Waals surface area contributed by atoms with Gasteiger partial charge in [-0.1, -0.05) is 6.07 Å². The second-order valence-electron chi connectivity index (χ2n) is 9.19. The summed E-state index contributed by atoms with van der Waals surface area (Å²) in [5.74, 6) is 2.83. The molecule has 1 atom stereocenters. The highest BCUT2D eigenvalue weighted by Gasteiger charge is 2.51. The SMILES string of the molecule is COc1ccc(CC(=O)O[C@H](C)C(=O)NC23CC4CC(CC(C4)C2)C3)cc1OC. The molecule has 0 unspecified atom stereocenters. The van der Waals surface area contributed by atoms with Crippen LogP contribution < -0.4 is 14.8 Å². The van der Waals surface area contributed by atoms with Crippen molar-refractivity contribution < 1.29 is 23.8 Å². The van der Waals surface area contributed by atoms with E-state index < -0.39 is 12.1 Å². The lowest BCUT2D eigenvalue weighted by Gasteiger charge is -2.57. The molecule has 1 N–H and O–H groups in total. The minimum atomic E-state index is -0.796. The molecule has 0 spiro atoms. The zero-order valence-electron chi connectivity index (χ0n) is 17.5. The molecule has 6 nitrogen and oxygen atoms in total. The average molecular weight is 402 g/mol. The molecule has 0 saturated heterocycles. The van der Waals surface area contributed by atoms with E-state index >= 15 is 0 Å². The third-order valence-electron chi connectivity index (χ3n) is 6.90. The predicted molar refractivity (Wildman–Crippen MR) is 108 cm³/mol. The first kappa shape index (κ1) is 20.0. The zero-order chi connectivity index (χ0) is 20.6. The van der Waals surface area contributed by atoms with Crippen LogP contribution in [0.2, 0.25) is 0 Å². The summed E-state index contributed by atoms with van der Waals surface area (Å²) in [4.78, 5) is 25.1. The Morgan fingerprint density at radius 3 is 2.17 bits per heavy atom. The van der Waals surface area contributed by atoms with Crippen LogP contribution in [-0.4, -0.2) is 37.7 Å². The quantitative estimate of drug-likeness (QED) is 0.710. The molecule has 158 valence electrons. The van der Waals surface area contributed by atoms with Crippen LogP contribution in [-0.2, 0) is 20.7 Å². The Kier molecular flexibility index (Phi) is 5.45. The fourth-order valence-corrected chi connectivity index (χ4v) is 6.08. The van der Waals surface area contributed by atoms with E-state index in [2.05, 4.69) is 5.32 Å². The summed E-state index contributed by atoms with van der Waals surface area (Å²) in [6.07, 6.45) is 6.50. The molecule has 0 radical (unpaired) electrons. The van der Waals surface area contributed by atoms with Gasteiger partial charge in [0.25, 0.3) is 5.91 Å². The van der Waals surface area contributed by atoms with Crippen molar-refractivity contribution in [2.75, 3.05) is 14.2 Å². The van der Waals surface area contributed by atoms with Crippen molar-refractivity contribution in [1.29, 1.82) is 0 Å². The zero-order valence-corrected chi connectivity index (χ0v) is 17.5. The van der Waals surface area contributed by atoms with Crippen molar-refractivity contribution in [1.82, 2.24) is 5.32 Å². The van der Waals surface area contributed by atoms with Crippen LogP contribution in [0.4, 0.5) is 0 Å². The van der Waals surface area contributed by atoms with Gasteiger partial charge < -0.3 is 19.5 Å². The van der Waals surface area contributed by atoms with Gasteiger partial charge in [-0.2, -0.15) is 0 Å². The number of carbonyl (C=O) groups excluding carboxylic acids is 2. The third-order valence-corrected chi connectivity index (χ3v) is 6.90. The number of ether oxygens (including phenoxy) is 3. The largest absolute Gasteiger partial charge is 0.493 e. The summed E-state index contributed by atoms with van der Waals surface area (Å²) >= 11 is 0. The Balaban J connectivity index is 1.32. The van der Waals surface area contributed by atoms with Gasteiger partial charge in [-0.25, -0.2) is 0 Å². The van der Waals surface area contributed by atoms with Crippen LogP contribution in [0.1, 0.15) is 51.0 Å². The molecular weight excluding hydrogens is 370 g/mol. The topological polar surface area (TPSA) is 73.9 Å². The fourth-order valence-electron chi connectivity index (χ4n) is 6.08. The molecule has 0 heterocycles. The second kappa shape index (κ2) is 7.88. The first-order valence-corrected chi connectivity index (χ1v) is 10.6. The number of nitrogens with one attached hydrogen (secondary N) is 1. The summed E-state index contributed by atoms with van der Waals surface area (Å²) in [6.45, 7) is 1.66. The lowest BCUT2D eigenvalue weighted by molar-refractivity contribution is -0.156. The Labute approximate surface area is 172 Å². The van der Waals surface area contributed by atoms with E-state index in [4.69, 9.17) is 14.2 Å². The molecule has 0 aliphatic heterocycles. The fraction of sp³-hybridized carbons (Fsp3) is 0.652. The maximum Gasteiger partial charge on any atom is 0.311 e. The van der Waals surface area contributed by atoms with Crippen molar-refractivity contribution in [2.45, 2.75) is 63.5 Å². The van der Waals surface area contributed by atoms with E-state index in [0.29, 0.717) is 11.5 Å². The normalized spacial score (nSPS) is 30.5. The second-order valence-corrected chi connectivity index (χ2v) is 9.19. The van der Waals surface area contributed by atoms with Crippen molar-refractivity contribution in [3.05, 3.63) is 23.8 Å². The van der Waals surface area contributed by atoms with E-state index in [1.807, 2.05) is 0 Å². The molecule has 4 aliphatic carbocycles. The van der Waals surface area contributed by atoms with Crippen LogP contribution in [0, 0.1) is 17.8 Å². The van der Waals surface area contributed by atoms with Crippen LogP contribution >= 0.6 is 0 Å². The number of amides is 1. The van der Waals surface area contributed by atoms with Crippen LogP contribution in [0.5, 0.6) is 11.5 Å². The number of esters is 1. The number of benzene rings is 1. The average Bonchev–Trinajstić information content (AvgIpc) is 2.66. The van der Waals surface area contributed by atoms with Gasteiger partial charge in [0.1, 0.15) is 0 Å². The first-order valence-electron chi connectivity index (χ1n) is 10.6. The molecule has 4 aliphatic rings. The summed E-state index contributed by atoms with van der Waals surface area (Å²) in [7, 11) is 3.12. The Morgan fingerprint density at radius 1 is 1.03 bits per heavy atom. The molecule has 29 heavy (non-hydrogen) atoms. The molecule has 1 aromatic rings. The van der Waals surface area contributed by atoms with Crippen LogP contribution in [0.15, 0.2) is 18.2 Å². The van der Waals surface area contributed by atoms with Gasteiger partial charge in [-0.05, 0) is 80.9 Å². The maximum absolute atomic E-state index is 12.8. The predicted octanol–water partition coefficient (Wildman–Crippen LogP) is 3.26. The van der Waals surface area contributed by atoms with Gasteiger partial charge >= 0.3 is 5.97 Å². The van der Waals surface area contributed by atoms with E-state index in [-0.39, 0.29) is 17.9 Å². The lowest BCUT2D eigenvalue weighted by Crippen LogP contribution is -2.61. The standard InChI is InChI=1S/C23H31NO5/c1-14(29-21(25)10-15-4-5-19(27-2)20(9-15)28-3)22(26)24-23-11-16-6-17(12-23)8-18(7-16)13-23/h4-5,9,14,16-18H,6-8,10-13H2,1-3H3,(H,24,26)/t14-,16?,17?,18?,23?/m1/s1. The third kappa shape index (κ3) is 4.21. The molecule has 0 aromatic heterocycles. The molecule has 6 heteroatoms. The highest BCUT2D eigenvalue weighted by atomic mass is 16.5. The number of hydrogen-bond acceptors (Lipinski definition) is 5. The summed E-state index contributed by atoms with van der Waals surface area (Å²) in [6, 6.07) is 5.30. The van der Waals surface area contributed by atoms with Crippen molar-refractivity contribution in [3.63, 3.8) is 0 Å². The lowest BCUT2D eigenvalue weighted by atomic mass is 9.53. The number of methoxy groups -OCH3 is 2. The minimum Gasteiger partial charge on any atom is -0.493 e. The minimum absolute atomic E-state index is 0.0736. The van der Waals surface area contributed by atoms with Gasteiger partial charge in [0.15, 0.2) is 17.6 Å².